The normalized spacial score (nSPS) is 53.4. The first kappa shape index (κ1) is 52.4. The summed E-state index contributed by atoms with van der Waals surface area (Å²) in [6.45, 7) is 11.5. The van der Waals surface area contributed by atoms with E-state index in [4.69, 9.17) is 28.4 Å². The Morgan fingerprint density at radius 3 is 1.85 bits per heavy atom. The molecule has 3 saturated heterocycles. The van der Waals surface area contributed by atoms with Crippen LogP contribution < -0.4 is 0 Å². The van der Waals surface area contributed by atoms with Gasteiger partial charge in [0.25, 0.3) is 0 Å². The molecule has 8 rings (SSSR count). The molecular formula is C48H76O20. The van der Waals surface area contributed by atoms with E-state index in [0.717, 1.165) is 12.8 Å². The zero-order valence-electron chi connectivity index (χ0n) is 39.9. The van der Waals surface area contributed by atoms with Gasteiger partial charge in [-0.1, -0.05) is 53.2 Å². The first-order valence-electron chi connectivity index (χ1n) is 24.5. The first-order valence-corrected chi connectivity index (χ1v) is 24.5. The largest absolute Gasteiger partial charge is 0.479 e. The Kier molecular flexibility index (Phi) is 14.3. The highest BCUT2D eigenvalue weighted by Crippen LogP contribution is 2.76. The minimum absolute atomic E-state index is 0.0982. The second kappa shape index (κ2) is 18.5. The van der Waals surface area contributed by atoms with Gasteiger partial charge in [0.05, 0.1) is 31.3 Å². The highest BCUT2D eigenvalue weighted by Gasteiger charge is 2.71. The Morgan fingerprint density at radius 2 is 1.25 bits per heavy atom. The first-order chi connectivity index (χ1) is 31.8. The van der Waals surface area contributed by atoms with Crippen molar-refractivity contribution in [1.29, 1.82) is 0 Å². The lowest BCUT2D eigenvalue weighted by atomic mass is 9.33. The molecule has 8 aliphatic rings. The predicted octanol–water partition coefficient (Wildman–Crippen LogP) is -0.795. The second-order valence-corrected chi connectivity index (χ2v) is 23.3. The maximum atomic E-state index is 14.7. The molecule has 12 N–H and O–H groups in total. The number of aliphatic hydroxyl groups excluding tert-OH is 11. The maximum absolute atomic E-state index is 14.7. The van der Waals surface area contributed by atoms with Crippen LogP contribution in [0.15, 0.2) is 11.6 Å². The number of ether oxygens (including phenoxy) is 6. The molecule has 20 heteroatoms. The SMILES string of the molecule is CC1(C)CC[C@]2(C(=O)O[C@@H]3O[C@H](CO)[C@@H](O)[C@H](O)[C@H]3O)CC[C@]3(C)C(=CC[C@@H]4[C@@]5(C)CC[C@H](O[C@@H]6O[C@H](C(=O)O)[C@@H](O)[C@H](O)[C@H]6O[C@@H]6O[C@H](CO)[C@H](O)[C@H](O)[C@H]6O)[C@@](C)(CO)C5CC[C@]43C)C2C1. The number of rotatable bonds is 10. The van der Waals surface area contributed by atoms with Gasteiger partial charge in [-0.05, 0) is 104 Å². The molecule has 0 radical (unpaired) electrons. The lowest BCUT2D eigenvalue weighted by molar-refractivity contribution is -0.375. The summed E-state index contributed by atoms with van der Waals surface area (Å²) in [6.07, 6.45) is -18.1. The van der Waals surface area contributed by atoms with Crippen LogP contribution in [0.4, 0.5) is 0 Å². The zero-order valence-corrected chi connectivity index (χ0v) is 39.9. The molecule has 0 bridgehead atoms. The van der Waals surface area contributed by atoms with Crippen LogP contribution in [-0.4, -0.2) is 191 Å². The molecule has 0 spiro atoms. The Labute approximate surface area is 396 Å². The van der Waals surface area contributed by atoms with Gasteiger partial charge < -0.3 is 89.7 Å². The van der Waals surface area contributed by atoms with Crippen molar-refractivity contribution in [2.45, 2.75) is 204 Å². The van der Waals surface area contributed by atoms with Crippen LogP contribution in [0.1, 0.15) is 106 Å². The Bertz CT molecular complexity index is 1900. The molecule has 388 valence electrons. The fourth-order valence-electron chi connectivity index (χ4n) is 15.0. The Balaban J connectivity index is 1.07. The Hall–Kier alpha value is -1.96. The molecule has 3 heterocycles. The summed E-state index contributed by atoms with van der Waals surface area (Å²) in [6, 6.07) is 0. The van der Waals surface area contributed by atoms with E-state index < -0.39 is 134 Å². The molecule has 24 atom stereocenters. The maximum Gasteiger partial charge on any atom is 0.335 e. The van der Waals surface area contributed by atoms with E-state index >= 15 is 0 Å². The van der Waals surface area contributed by atoms with Crippen LogP contribution in [-0.2, 0) is 38.0 Å². The molecule has 4 saturated carbocycles. The molecule has 2 unspecified atom stereocenters. The highest BCUT2D eigenvalue weighted by molar-refractivity contribution is 5.79. The third kappa shape index (κ3) is 8.03. The van der Waals surface area contributed by atoms with E-state index in [-0.39, 0.29) is 46.0 Å². The quantitative estimate of drug-likeness (QED) is 0.0725. The number of esters is 1. The van der Waals surface area contributed by atoms with Crippen LogP contribution >= 0.6 is 0 Å². The molecule has 3 aliphatic heterocycles. The third-order valence-electron chi connectivity index (χ3n) is 19.4. The highest BCUT2D eigenvalue weighted by atomic mass is 16.8. The van der Waals surface area contributed by atoms with Crippen molar-refractivity contribution in [2.75, 3.05) is 19.8 Å². The van der Waals surface area contributed by atoms with Crippen LogP contribution in [0.2, 0.25) is 0 Å². The van der Waals surface area contributed by atoms with Gasteiger partial charge in [-0.3, -0.25) is 4.79 Å². The number of carbonyl (C=O) groups excluding carboxylic acids is 1. The summed E-state index contributed by atoms with van der Waals surface area (Å²) >= 11 is 0. The number of aliphatic carboxylic acids is 1. The standard InChI is InChI=1S/C48H76O20/c1-43(2)13-15-48(42(62)68-40-35(59)31(55)29(53)24(19-50)64-40)16-14-46(5)21(22(48)17-43)7-8-26-44(3)11-10-27(45(4,20-51)25(44)9-12-47(26,46)6)65-41-37(33(57)32(56)36(66-41)38(60)61)67-39-34(58)30(54)28(52)23(18-49)63-39/h7,22-37,39-41,49-59H,8-20H2,1-6H3,(H,60,61)/t22?,23-,24-,25?,26-,27+,28+,29-,30+,31+,32+,33+,34-,35-,36+,37-,39+,40+,41-,44+,45+,46-,47-,48+/m1/s1. The van der Waals surface area contributed by atoms with Crippen molar-refractivity contribution in [3.63, 3.8) is 0 Å². The van der Waals surface area contributed by atoms with E-state index in [9.17, 15) is 70.9 Å². The molecule has 5 aliphatic carbocycles. The fraction of sp³-hybridized carbons (Fsp3) is 0.917. The summed E-state index contributed by atoms with van der Waals surface area (Å²) in [5, 5.41) is 127. The van der Waals surface area contributed by atoms with Crippen molar-refractivity contribution >= 4 is 11.9 Å². The number of carbonyl (C=O) groups is 2. The molecule has 0 amide bonds. The van der Waals surface area contributed by atoms with Crippen LogP contribution in [0, 0.1) is 50.2 Å². The molecular weight excluding hydrogens is 897 g/mol. The van der Waals surface area contributed by atoms with Gasteiger partial charge in [0.15, 0.2) is 18.7 Å². The average molecular weight is 973 g/mol. The molecule has 0 aromatic carbocycles. The third-order valence-corrected chi connectivity index (χ3v) is 19.4. The molecule has 0 aromatic heterocycles. The topological polar surface area (TPSA) is 332 Å². The molecule has 20 nitrogen and oxygen atoms in total. The number of fused-ring (bicyclic) bond motifs is 7. The summed E-state index contributed by atoms with van der Waals surface area (Å²) in [5.41, 5.74) is -1.87. The van der Waals surface area contributed by atoms with Crippen molar-refractivity contribution in [2.24, 2.45) is 50.2 Å². The van der Waals surface area contributed by atoms with Crippen molar-refractivity contribution in [3.8, 4) is 0 Å². The summed E-state index contributed by atoms with van der Waals surface area (Å²) in [4.78, 5) is 27.0. The molecule has 0 aromatic rings. The number of allylic oxidation sites excluding steroid dienone is 2. The Morgan fingerprint density at radius 1 is 0.647 bits per heavy atom. The number of hydrogen-bond acceptors (Lipinski definition) is 19. The zero-order chi connectivity index (χ0) is 49.8. The van der Waals surface area contributed by atoms with E-state index in [0.29, 0.717) is 51.4 Å². The number of carboxylic acids is 1. The predicted molar refractivity (Wildman–Crippen MR) is 232 cm³/mol. The van der Waals surface area contributed by atoms with Crippen LogP contribution in [0.25, 0.3) is 0 Å². The van der Waals surface area contributed by atoms with Crippen molar-refractivity contribution in [1.82, 2.24) is 0 Å². The minimum Gasteiger partial charge on any atom is -0.479 e. The average Bonchev–Trinajstić information content (AvgIpc) is 3.29. The summed E-state index contributed by atoms with van der Waals surface area (Å²) in [5.74, 6) is -2.40. The van der Waals surface area contributed by atoms with Gasteiger partial charge in [0.2, 0.25) is 6.29 Å². The van der Waals surface area contributed by atoms with E-state index in [1.54, 1.807) is 0 Å². The van der Waals surface area contributed by atoms with Gasteiger partial charge in [0, 0.05) is 5.41 Å². The lowest BCUT2D eigenvalue weighted by Gasteiger charge is -2.71. The van der Waals surface area contributed by atoms with E-state index in [1.807, 2.05) is 6.92 Å². The number of aliphatic hydroxyl groups is 11. The minimum atomic E-state index is -2.03. The molecule has 68 heavy (non-hydrogen) atoms. The summed E-state index contributed by atoms with van der Waals surface area (Å²) in [7, 11) is 0. The van der Waals surface area contributed by atoms with Gasteiger partial charge in [-0.25, -0.2) is 4.79 Å². The van der Waals surface area contributed by atoms with Gasteiger partial charge in [-0.2, -0.15) is 0 Å². The van der Waals surface area contributed by atoms with Gasteiger partial charge in [0.1, 0.15) is 67.1 Å². The van der Waals surface area contributed by atoms with Gasteiger partial charge >= 0.3 is 11.9 Å². The lowest BCUT2D eigenvalue weighted by Crippen LogP contribution is -2.68. The molecule has 7 fully saturated rings. The van der Waals surface area contributed by atoms with Gasteiger partial charge in [-0.15, -0.1) is 0 Å². The summed E-state index contributed by atoms with van der Waals surface area (Å²) < 4.78 is 35.5. The fourth-order valence-corrected chi connectivity index (χ4v) is 15.0. The van der Waals surface area contributed by atoms with E-state index in [1.165, 1.54) is 5.57 Å². The van der Waals surface area contributed by atoms with Crippen molar-refractivity contribution < 1.29 is 99.3 Å². The monoisotopic (exact) mass is 972 g/mol. The number of carboxylic acid groups (broad SMARTS) is 1. The number of hydrogen-bond donors (Lipinski definition) is 12. The smallest absolute Gasteiger partial charge is 0.335 e. The van der Waals surface area contributed by atoms with Crippen LogP contribution in [0.3, 0.4) is 0 Å². The van der Waals surface area contributed by atoms with Crippen molar-refractivity contribution in [3.05, 3.63) is 11.6 Å². The van der Waals surface area contributed by atoms with Crippen LogP contribution in [0.5, 0.6) is 0 Å². The van der Waals surface area contributed by atoms with E-state index in [2.05, 4.69) is 40.7 Å². The second-order valence-electron chi connectivity index (χ2n) is 23.3.